The minimum absolute atomic E-state index is 0.000394. The maximum atomic E-state index is 12.4. The second-order valence-corrected chi connectivity index (χ2v) is 8.00. The molecule has 2 saturated carbocycles. The van der Waals surface area contributed by atoms with E-state index in [2.05, 4.69) is 26.1 Å². The van der Waals surface area contributed by atoms with Crippen LogP contribution in [0, 0.1) is 17.3 Å². The summed E-state index contributed by atoms with van der Waals surface area (Å²) in [6.07, 6.45) is 6.86. The Labute approximate surface area is 127 Å². The zero-order valence-corrected chi connectivity index (χ0v) is 13.6. The molecule has 21 heavy (non-hydrogen) atoms. The Morgan fingerprint density at radius 3 is 2.00 bits per heavy atom. The predicted molar refractivity (Wildman–Crippen MR) is 81.9 cm³/mol. The standard InChI is InChI=1S/C17H29NO3/c1-16(2,3)13-8-6-12(7-9-13)14(19)18-17(15(20)21)10-4-5-11-17/h12-13H,4-11H2,1-3H3,(H,18,19)(H,20,21). The molecule has 0 saturated heterocycles. The molecule has 0 heterocycles. The Morgan fingerprint density at radius 2 is 1.57 bits per heavy atom. The van der Waals surface area contributed by atoms with Gasteiger partial charge in [-0.1, -0.05) is 33.6 Å². The van der Waals surface area contributed by atoms with Crippen molar-refractivity contribution in [2.75, 3.05) is 0 Å². The smallest absolute Gasteiger partial charge is 0.329 e. The number of carboxylic acids is 1. The molecule has 2 fully saturated rings. The van der Waals surface area contributed by atoms with Crippen LogP contribution >= 0.6 is 0 Å². The third-order valence-corrected chi connectivity index (χ3v) is 5.55. The van der Waals surface area contributed by atoms with Gasteiger partial charge in [0.05, 0.1) is 0 Å². The lowest BCUT2D eigenvalue weighted by Gasteiger charge is -2.37. The Kier molecular flexibility index (Phi) is 4.64. The molecule has 0 spiro atoms. The number of amides is 1. The van der Waals surface area contributed by atoms with Crippen molar-refractivity contribution in [3.8, 4) is 0 Å². The molecule has 0 aromatic carbocycles. The largest absolute Gasteiger partial charge is 0.480 e. The van der Waals surface area contributed by atoms with Crippen LogP contribution in [0.5, 0.6) is 0 Å². The van der Waals surface area contributed by atoms with Gasteiger partial charge in [-0.3, -0.25) is 4.79 Å². The van der Waals surface area contributed by atoms with Crippen molar-refractivity contribution in [2.45, 2.75) is 77.7 Å². The Bertz CT molecular complexity index is 397. The number of carbonyl (C=O) groups excluding carboxylic acids is 1. The van der Waals surface area contributed by atoms with Crippen LogP contribution in [0.2, 0.25) is 0 Å². The highest BCUT2D eigenvalue weighted by atomic mass is 16.4. The number of carbonyl (C=O) groups is 2. The molecule has 2 N–H and O–H groups in total. The molecule has 2 aliphatic rings. The predicted octanol–water partition coefficient (Wildman–Crippen LogP) is 3.35. The molecular formula is C17H29NO3. The van der Waals surface area contributed by atoms with Crippen LogP contribution in [0.25, 0.3) is 0 Å². The van der Waals surface area contributed by atoms with E-state index in [4.69, 9.17) is 0 Å². The van der Waals surface area contributed by atoms with Crippen molar-refractivity contribution in [1.29, 1.82) is 0 Å². The normalized spacial score (nSPS) is 29.1. The fraction of sp³-hybridized carbons (Fsp3) is 0.882. The number of rotatable bonds is 3. The van der Waals surface area contributed by atoms with Gasteiger partial charge in [0.1, 0.15) is 5.54 Å². The molecule has 0 radical (unpaired) electrons. The summed E-state index contributed by atoms with van der Waals surface area (Å²) in [4.78, 5) is 24.0. The molecule has 4 nitrogen and oxygen atoms in total. The van der Waals surface area contributed by atoms with E-state index in [1.807, 2.05) is 0 Å². The van der Waals surface area contributed by atoms with E-state index in [1.165, 1.54) is 0 Å². The maximum Gasteiger partial charge on any atom is 0.329 e. The molecule has 0 unspecified atom stereocenters. The lowest BCUT2D eigenvalue weighted by atomic mass is 9.69. The number of nitrogens with one attached hydrogen (secondary N) is 1. The molecule has 0 aliphatic heterocycles. The van der Waals surface area contributed by atoms with Gasteiger partial charge in [-0.05, 0) is 49.9 Å². The van der Waals surface area contributed by atoms with Gasteiger partial charge in [0.2, 0.25) is 5.91 Å². The maximum absolute atomic E-state index is 12.4. The topological polar surface area (TPSA) is 66.4 Å². The molecule has 4 heteroatoms. The molecule has 0 bridgehead atoms. The summed E-state index contributed by atoms with van der Waals surface area (Å²) < 4.78 is 0. The summed E-state index contributed by atoms with van der Waals surface area (Å²) in [7, 11) is 0. The van der Waals surface area contributed by atoms with E-state index in [-0.39, 0.29) is 11.8 Å². The zero-order valence-electron chi connectivity index (χ0n) is 13.6. The quantitative estimate of drug-likeness (QED) is 0.839. The minimum Gasteiger partial charge on any atom is -0.480 e. The Balaban J connectivity index is 1.92. The first-order valence-electron chi connectivity index (χ1n) is 8.30. The van der Waals surface area contributed by atoms with Crippen LogP contribution in [0.3, 0.4) is 0 Å². The molecule has 0 aromatic rings. The van der Waals surface area contributed by atoms with Gasteiger partial charge in [-0.25, -0.2) is 4.79 Å². The first-order chi connectivity index (χ1) is 9.74. The number of aliphatic carboxylic acids is 1. The van der Waals surface area contributed by atoms with E-state index in [0.717, 1.165) is 38.5 Å². The van der Waals surface area contributed by atoms with E-state index in [1.54, 1.807) is 0 Å². The molecule has 1 amide bonds. The second kappa shape index (κ2) is 5.98. The van der Waals surface area contributed by atoms with Crippen LogP contribution in [0.4, 0.5) is 0 Å². The average Bonchev–Trinajstić information content (AvgIpc) is 2.88. The fourth-order valence-electron chi connectivity index (χ4n) is 3.93. The molecule has 2 rings (SSSR count). The lowest BCUT2D eigenvalue weighted by molar-refractivity contribution is -0.148. The van der Waals surface area contributed by atoms with Gasteiger partial charge in [0.25, 0.3) is 0 Å². The van der Waals surface area contributed by atoms with Crippen LogP contribution in [0.15, 0.2) is 0 Å². The van der Waals surface area contributed by atoms with Crippen LogP contribution in [0.1, 0.15) is 72.1 Å². The van der Waals surface area contributed by atoms with Crippen molar-refractivity contribution in [3.05, 3.63) is 0 Å². The van der Waals surface area contributed by atoms with Crippen LogP contribution < -0.4 is 5.32 Å². The van der Waals surface area contributed by atoms with E-state index < -0.39 is 11.5 Å². The highest BCUT2D eigenvalue weighted by Crippen LogP contribution is 2.40. The summed E-state index contributed by atoms with van der Waals surface area (Å²) in [6, 6.07) is 0. The van der Waals surface area contributed by atoms with Crippen molar-refractivity contribution in [1.82, 2.24) is 5.32 Å². The number of carboxylic acid groups (broad SMARTS) is 1. The number of hydrogen-bond donors (Lipinski definition) is 2. The van der Waals surface area contributed by atoms with Gasteiger partial charge >= 0.3 is 5.97 Å². The summed E-state index contributed by atoms with van der Waals surface area (Å²) >= 11 is 0. The molecule has 0 aromatic heterocycles. The van der Waals surface area contributed by atoms with Crippen molar-refractivity contribution in [2.24, 2.45) is 17.3 Å². The summed E-state index contributed by atoms with van der Waals surface area (Å²) in [5, 5.41) is 12.3. The van der Waals surface area contributed by atoms with Gasteiger partial charge in [-0.2, -0.15) is 0 Å². The third kappa shape index (κ3) is 3.58. The average molecular weight is 295 g/mol. The van der Waals surface area contributed by atoms with Crippen molar-refractivity contribution >= 4 is 11.9 Å². The summed E-state index contributed by atoms with van der Waals surface area (Å²) in [5.74, 6) is -0.231. The van der Waals surface area contributed by atoms with E-state index in [0.29, 0.717) is 24.2 Å². The van der Waals surface area contributed by atoms with Gasteiger partial charge in [-0.15, -0.1) is 0 Å². The highest BCUT2D eigenvalue weighted by molar-refractivity contribution is 5.88. The first-order valence-corrected chi connectivity index (χ1v) is 8.30. The van der Waals surface area contributed by atoms with E-state index >= 15 is 0 Å². The highest BCUT2D eigenvalue weighted by Gasteiger charge is 2.44. The summed E-state index contributed by atoms with van der Waals surface area (Å²) in [5.41, 5.74) is -0.687. The van der Waals surface area contributed by atoms with Crippen LogP contribution in [-0.2, 0) is 9.59 Å². The minimum atomic E-state index is -0.988. The SMILES string of the molecule is CC(C)(C)C1CCC(C(=O)NC2(C(=O)O)CCCC2)CC1. The van der Waals surface area contributed by atoms with E-state index in [9.17, 15) is 14.7 Å². The lowest BCUT2D eigenvalue weighted by Crippen LogP contribution is -2.54. The zero-order chi connectivity index (χ0) is 15.7. The molecule has 0 atom stereocenters. The molecular weight excluding hydrogens is 266 g/mol. The fourth-order valence-corrected chi connectivity index (χ4v) is 3.93. The Morgan fingerprint density at radius 1 is 1.05 bits per heavy atom. The Hall–Kier alpha value is -1.06. The first kappa shape index (κ1) is 16.3. The monoisotopic (exact) mass is 295 g/mol. The third-order valence-electron chi connectivity index (χ3n) is 5.55. The van der Waals surface area contributed by atoms with Crippen molar-refractivity contribution in [3.63, 3.8) is 0 Å². The van der Waals surface area contributed by atoms with Crippen molar-refractivity contribution < 1.29 is 14.7 Å². The number of hydrogen-bond acceptors (Lipinski definition) is 2. The molecule has 2 aliphatic carbocycles. The van der Waals surface area contributed by atoms with Gasteiger partial charge < -0.3 is 10.4 Å². The second-order valence-electron chi connectivity index (χ2n) is 8.00. The van der Waals surface area contributed by atoms with Gasteiger partial charge in [0, 0.05) is 5.92 Å². The molecule has 120 valence electrons. The van der Waals surface area contributed by atoms with Crippen LogP contribution in [-0.4, -0.2) is 22.5 Å². The van der Waals surface area contributed by atoms with Gasteiger partial charge in [0.15, 0.2) is 0 Å². The summed E-state index contributed by atoms with van der Waals surface area (Å²) in [6.45, 7) is 6.78.